The van der Waals surface area contributed by atoms with Crippen molar-refractivity contribution in [1.82, 2.24) is 0 Å². The molecule has 0 amide bonds. The van der Waals surface area contributed by atoms with Crippen molar-refractivity contribution in [1.29, 1.82) is 0 Å². The molecule has 0 aliphatic heterocycles. The third-order valence-electron chi connectivity index (χ3n) is 4.93. The van der Waals surface area contributed by atoms with Crippen molar-refractivity contribution >= 4 is 23.0 Å². The van der Waals surface area contributed by atoms with Crippen LogP contribution in [0.3, 0.4) is 0 Å². The van der Waals surface area contributed by atoms with Gasteiger partial charge in [0.15, 0.2) is 0 Å². The van der Waals surface area contributed by atoms with Gasteiger partial charge in [0.1, 0.15) is 17.1 Å². The number of aromatic hydroxyl groups is 2. The number of phenols is 2. The molecule has 0 unspecified atom stereocenters. The first-order valence-corrected chi connectivity index (χ1v) is 9.49. The van der Waals surface area contributed by atoms with Crippen LogP contribution in [0, 0.1) is 0 Å². The summed E-state index contributed by atoms with van der Waals surface area (Å²) in [4.78, 5) is 23.6. The van der Waals surface area contributed by atoms with Crippen molar-refractivity contribution in [2.45, 2.75) is 6.42 Å². The number of carboxylic acid groups (broad SMARTS) is 1. The molecule has 6 heteroatoms. The fourth-order valence-corrected chi connectivity index (χ4v) is 3.48. The van der Waals surface area contributed by atoms with Crippen molar-refractivity contribution in [3.8, 4) is 22.6 Å². The van der Waals surface area contributed by atoms with Crippen molar-refractivity contribution < 1.29 is 24.5 Å². The second-order valence-corrected chi connectivity index (χ2v) is 7.06. The zero-order valence-electron chi connectivity index (χ0n) is 16.3. The second-order valence-electron chi connectivity index (χ2n) is 7.06. The predicted octanol–water partition coefficient (Wildman–Crippen LogP) is 4.56. The van der Waals surface area contributed by atoms with Gasteiger partial charge in [0.05, 0.1) is 5.56 Å². The topological polar surface area (TPSA) is 108 Å². The molecule has 0 aliphatic rings. The summed E-state index contributed by atoms with van der Waals surface area (Å²) in [5.41, 5.74) is 3.11. The average Bonchev–Trinajstić information content (AvgIpc) is 2.74. The molecule has 3 N–H and O–H groups in total. The average molecular weight is 414 g/mol. The minimum Gasteiger partial charge on any atom is -0.508 e. The molecule has 0 saturated carbocycles. The van der Waals surface area contributed by atoms with Gasteiger partial charge >= 0.3 is 11.6 Å². The summed E-state index contributed by atoms with van der Waals surface area (Å²) in [6.07, 6.45) is 2.98. The second kappa shape index (κ2) is 8.20. The van der Waals surface area contributed by atoms with E-state index in [9.17, 15) is 19.8 Å². The molecule has 31 heavy (non-hydrogen) atoms. The van der Waals surface area contributed by atoms with Gasteiger partial charge in [0, 0.05) is 17.5 Å². The molecule has 4 rings (SSSR count). The van der Waals surface area contributed by atoms with Crippen LogP contribution in [0.2, 0.25) is 0 Å². The maximum absolute atomic E-state index is 12.9. The Morgan fingerprint density at radius 3 is 2.26 bits per heavy atom. The van der Waals surface area contributed by atoms with Gasteiger partial charge < -0.3 is 19.7 Å². The van der Waals surface area contributed by atoms with E-state index in [-0.39, 0.29) is 17.1 Å². The minimum atomic E-state index is -1.02. The summed E-state index contributed by atoms with van der Waals surface area (Å²) in [7, 11) is 0. The minimum absolute atomic E-state index is 0.00597. The molecule has 0 saturated heterocycles. The quantitative estimate of drug-likeness (QED) is 0.326. The molecule has 0 atom stereocenters. The van der Waals surface area contributed by atoms with Gasteiger partial charge in [-0.3, -0.25) is 0 Å². The Kier molecular flexibility index (Phi) is 5.28. The molecular formula is C25H18O6. The van der Waals surface area contributed by atoms with Crippen molar-refractivity contribution in [2.24, 2.45) is 0 Å². The smallest absolute Gasteiger partial charge is 0.344 e. The van der Waals surface area contributed by atoms with E-state index in [1.807, 2.05) is 12.1 Å². The molecule has 154 valence electrons. The highest BCUT2D eigenvalue weighted by Gasteiger charge is 2.17. The van der Waals surface area contributed by atoms with E-state index in [1.54, 1.807) is 30.3 Å². The largest absolute Gasteiger partial charge is 0.508 e. The van der Waals surface area contributed by atoms with Crippen molar-refractivity contribution in [3.63, 3.8) is 0 Å². The van der Waals surface area contributed by atoms with E-state index in [0.717, 1.165) is 22.8 Å². The standard InChI is InChI=1S/C25H18O6/c26-18-8-6-17(7-9-18)24-21(20-11-10-19(27)14-22(20)31-25(24)30)13-16-3-1-15(2-4-16)5-12-23(28)29/h1-12,14,26-27H,13H2,(H,28,29). The number of rotatable bonds is 5. The van der Waals surface area contributed by atoms with Gasteiger partial charge in [-0.25, -0.2) is 9.59 Å². The third-order valence-corrected chi connectivity index (χ3v) is 4.93. The fraction of sp³-hybridized carbons (Fsp3) is 0.0400. The first-order valence-electron chi connectivity index (χ1n) is 9.49. The molecule has 3 aromatic carbocycles. The van der Waals surface area contributed by atoms with E-state index in [0.29, 0.717) is 22.9 Å². The molecule has 0 fully saturated rings. The van der Waals surface area contributed by atoms with Crippen LogP contribution in [0.5, 0.6) is 11.5 Å². The lowest BCUT2D eigenvalue weighted by molar-refractivity contribution is -0.131. The summed E-state index contributed by atoms with van der Waals surface area (Å²) in [5, 5.41) is 28.9. The maximum atomic E-state index is 12.9. The highest BCUT2D eigenvalue weighted by molar-refractivity contribution is 5.88. The molecular weight excluding hydrogens is 396 g/mol. The molecule has 0 bridgehead atoms. The van der Waals surface area contributed by atoms with Crippen LogP contribution in [-0.4, -0.2) is 21.3 Å². The molecule has 6 nitrogen and oxygen atoms in total. The number of fused-ring (bicyclic) bond motifs is 1. The lowest BCUT2D eigenvalue weighted by atomic mass is 9.93. The molecule has 4 aromatic rings. The van der Waals surface area contributed by atoms with E-state index in [4.69, 9.17) is 9.52 Å². The van der Waals surface area contributed by atoms with Crippen LogP contribution in [0.4, 0.5) is 0 Å². The number of hydrogen-bond acceptors (Lipinski definition) is 5. The van der Waals surface area contributed by atoms with E-state index < -0.39 is 11.6 Å². The number of benzene rings is 3. The van der Waals surface area contributed by atoms with Gasteiger partial charge in [-0.1, -0.05) is 36.4 Å². The monoisotopic (exact) mass is 414 g/mol. The zero-order valence-corrected chi connectivity index (χ0v) is 16.3. The van der Waals surface area contributed by atoms with Crippen LogP contribution in [-0.2, 0) is 11.2 Å². The Hall–Kier alpha value is -4.32. The van der Waals surface area contributed by atoms with Crippen molar-refractivity contribution in [2.75, 3.05) is 0 Å². The van der Waals surface area contributed by atoms with Crippen LogP contribution in [0.15, 0.2) is 82.0 Å². The fourth-order valence-electron chi connectivity index (χ4n) is 3.48. The SMILES string of the molecule is O=C(O)C=Cc1ccc(Cc2c(-c3ccc(O)cc3)c(=O)oc3cc(O)ccc23)cc1. The molecule has 0 aliphatic carbocycles. The number of carboxylic acids is 1. The van der Waals surface area contributed by atoms with Gasteiger partial charge in [-0.15, -0.1) is 0 Å². The first-order chi connectivity index (χ1) is 14.9. The summed E-state index contributed by atoms with van der Waals surface area (Å²) in [6, 6.07) is 18.3. The molecule has 0 radical (unpaired) electrons. The molecule has 1 aromatic heterocycles. The summed E-state index contributed by atoms with van der Waals surface area (Å²) in [6.45, 7) is 0. The summed E-state index contributed by atoms with van der Waals surface area (Å²) in [5.74, 6) is -0.938. The first kappa shape index (κ1) is 20.0. The number of phenolic OH excluding ortho intramolecular Hbond substituents is 2. The maximum Gasteiger partial charge on any atom is 0.344 e. The lowest BCUT2D eigenvalue weighted by Gasteiger charge is -2.13. The van der Waals surface area contributed by atoms with Crippen LogP contribution < -0.4 is 5.63 Å². The van der Waals surface area contributed by atoms with E-state index >= 15 is 0 Å². The van der Waals surface area contributed by atoms with E-state index in [2.05, 4.69) is 0 Å². The van der Waals surface area contributed by atoms with Gasteiger partial charge in [0.2, 0.25) is 0 Å². The Morgan fingerprint density at radius 2 is 1.58 bits per heavy atom. The Labute approximate surface area is 177 Å². The summed E-state index contributed by atoms with van der Waals surface area (Å²) >= 11 is 0. The van der Waals surface area contributed by atoms with Crippen LogP contribution >= 0.6 is 0 Å². The van der Waals surface area contributed by atoms with Crippen LogP contribution in [0.25, 0.3) is 28.2 Å². The van der Waals surface area contributed by atoms with Gasteiger partial charge in [-0.2, -0.15) is 0 Å². The van der Waals surface area contributed by atoms with Gasteiger partial charge in [0.25, 0.3) is 0 Å². The lowest BCUT2D eigenvalue weighted by Crippen LogP contribution is -2.08. The Morgan fingerprint density at radius 1 is 0.903 bits per heavy atom. The number of hydrogen-bond donors (Lipinski definition) is 3. The zero-order chi connectivity index (χ0) is 22.0. The normalized spacial score (nSPS) is 11.2. The van der Waals surface area contributed by atoms with Crippen molar-refractivity contribution in [3.05, 3.63) is 99.9 Å². The summed E-state index contributed by atoms with van der Waals surface area (Å²) < 4.78 is 5.47. The highest BCUT2D eigenvalue weighted by atomic mass is 16.4. The third kappa shape index (κ3) is 4.33. The molecule has 1 heterocycles. The highest BCUT2D eigenvalue weighted by Crippen LogP contribution is 2.32. The van der Waals surface area contributed by atoms with Crippen LogP contribution in [0.1, 0.15) is 16.7 Å². The molecule has 0 spiro atoms. The predicted molar refractivity (Wildman–Crippen MR) is 117 cm³/mol. The Balaban J connectivity index is 1.85. The van der Waals surface area contributed by atoms with Gasteiger partial charge in [-0.05, 0) is 59.0 Å². The number of carbonyl (C=O) groups is 1. The number of aliphatic carboxylic acids is 1. The Bertz CT molecular complexity index is 1350. The van der Waals surface area contributed by atoms with E-state index in [1.165, 1.54) is 30.3 Å².